The molecule has 0 aliphatic rings. The summed E-state index contributed by atoms with van der Waals surface area (Å²) in [6, 6.07) is 17.4. The average molecular weight is 431 g/mol. The van der Waals surface area contributed by atoms with E-state index in [0.717, 1.165) is 22.0 Å². The van der Waals surface area contributed by atoms with Crippen molar-refractivity contribution in [2.45, 2.75) is 18.6 Å². The van der Waals surface area contributed by atoms with Gasteiger partial charge >= 0.3 is 0 Å². The second-order valence-electron chi connectivity index (χ2n) is 7.02. The largest absolute Gasteiger partial charge is 0.480 e. The highest BCUT2D eigenvalue weighted by Gasteiger charge is 2.20. The van der Waals surface area contributed by atoms with Gasteiger partial charge in [0, 0.05) is 17.5 Å². The molecule has 4 aromatic rings. The molecule has 0 aliphatic carbocycles. The zero-order valence-electron chi connectivity index (χ0n) is 17.4. The summed E-state index contributed by atoms with van der Waals surface area (Å²) < 4.78 is 7.46. The molecule has 4 rings (SSSR count). The van der Waals surface area contributed by atoms with Gasteiger partial charge in [-0.1, -0.05) is 65.9 Å². The minimum absolute atomic E-state index is 0.0460. The summed E-state index contributed by atoms with van der Waals surface area (Å²) in [4.78, 5) is 17.2. The minimum atomic E-state index is 0.0460. The van der Waals surface area contributed by atoms with E-state index < -0.39 is 0 Å². The van der Waals surface area contributed by atoms with Crippen LogP contribution < -0.4 is 4.74 Å². The van der Waals surface area contributed by atoms with Crippen LogP contribution in [0.1, 0.15) is 15.9 Å². The van der Waals surface area contributed by atoms with Crippen LogP contribution in [0.3, 0.4) is 0 Å². The predicted molar refractivity (Wildman–Crippen MR) is 124 cm³/mol. The first-order valence-corrected chi connectivity index (χ1v) is 10.8. The fourth-order valence-electron chi connectivity index (χ4n) is 3.26. The quantitative estimate of drug-likeness (QED) is 0.223. The highest BCUT2D eigenvalue weighted by Crippen LogP contribution is 2.32. The maximum absolute atomic E-state index is 12.6. The number of nitrogens with zero attached hydrogens (tertiary/aromatic N) is 4. The summed E-state index contributed by atoms with van der Waals surface area (Å²) >= 11 is 1.36. The number of methoxy groups -OCH3 is 1. The van der Waals surface area contributed by atoms with E-state index in [9.17, 15) is 4.79 Å². The Labute approximate surface area is 185 Å². The van der Waals surface area contributed by atoms with Gasteiger partial charge in [-0.2, -0.15) is 0 Å². The number of hydrogen-bond acceptors (Lipinski definition) is 6. The molecular formula is C24H22N4O2S. The summed E-state index contributed by atoms with van der Waals surface area (Å²) in [5, 5.41) is 10.4. The standard InChI is InChI=1S/C24H22N4O2S/c1-4-13-28-22(19-14-18-7-5-6-8-20(18)25-23(19)30-3)26-27-24(28)31-15-21(29)17-11-9-16(2)10-12-17/h4-12,14H,1,13,15H2,2-3H3. The molecule has 7 heteroatoms. The van der Waals surface area contributed by atoms with Crippen LogP contribution in [0.15, 0.2) is 72.4 Å². The molecule has 0 radical (unpaired) electrons. The van der Waals surface area contributed by atoms with Gasteiger partial charge in [-0.25, -0.2) is 4.98 Å². The Hall–Kier alpha value is -3.45. The number of thioether (sulfide) groups is 1. The third-order valence-corrected chi connectivity index (χ3v) is 5.82. The lowest BCUT2D eigenvalue weighted by molar-refractivity contribution is 0.102. The lowest BCUT2D eigenvalue weighted by Crippen LogP contribution is -2.06. The number of rotatable bonds is 8. The molecule has 2 aromatic carbocycles. The lowest BCUT2D eigenvalue weighted by Gasteiger charge is -2.11. The maximum atomic E-state index is 12.6. The maximum Gasteiger partial charge on any atom is 0.224 e. The van der Waals surface area contributed by atoms with Crippen molar-refractivity contribution in [3.63, 3.8) is 0 Å². The van der Waals surface area contributed by atoms with Crippen LogP contribution in [-0.2, 0) is 6.54 Å². The number of para-hydroxylation sites is 1. The minimum Gasteiger partial charge on any atom is -0.480 e. The van der Waals surface area contributed by atoms with Gasteiger partial charge in [-0.05, 0) is 19.1 Å². The Kier molecular flexibility index (Phi) is 6.13. The van der Waals surface area contributed by atoms with E-state index in [1.807, 2.05) is 66.1 Å². The Morgan fingerprint density at radius 3 is 2.68 bits per heavy atom. The van der Waals surface area contributed by atoms with Crippen LogP contribution in [-0.4, -0.2) is 38.4 Å². The molecule has 0 N–H and O–H groups in total. The second-order valence-corrected chi connectivity index (χ2v) is 7.96. The molecule has 0 spiro atoms. The number of Topliss-reactive ketones (excluding diaryl/α,β-unsaturated/α-hetero) is 1. The summed E-state index contributed by atoms with van der Waals surface area (Å²) in [6.07, 6.45) is 1.78. The van der Waals surface area contributed by atoms with Gasteiger partial charge in [-0.3, -0.25) is 9.36 Å². The number of aryl methyl sites for hydroxylation is 1. The molecule has 31 heavy (non-hydrogen) atoms. The molecule has 2 heterocycles. The molecular weight excluding hydrogens is 408 g/mol. The van der Waals surface area contributed by atoms with Crippen LogP contribution in [0.4, 0.5) is 0 Å². The van der Waals surface area contributed by atoms with Crippen LogP contribution >= 0.6 is 11.8 Å². The van der Waals surface area contributed by atoms with E-state index in [2.05, 4.69) is 21.8 Å². The fourth-order valence-corrected chi connectivity index (χ4v) is 4.10. The average Bonchev–Trinajstić information content (AvgIpc) is 3.19. The highest BCUT2D eigenvalue weighted by atomic mass is 32.2. The van der Waals surface area contributed by atoms with Crippen molar-refractivity contribution >= 4 is 28.4 Å². The molecule has 0 amide bonds. The van der Waals surface area contributed by atoms with Crippen LogP contribution in [0.2, 0.25) is 0 Å². The number of hydrogen-bond donors (Lipinski definition) is 0. The summed E-state index contributed by atoms with van der Waals surface area (Å²) in [7, 11) is 1.59. The number of ketones is 1. The number of ether oxygens (including phenoxy) is 1. The van der Waals surface area contributed by atoms with Gasteiger partial charge in [0.1, 0.15) is 0 Å². The van der Waals surface area contributed by atoms with E-state index in [0.29, 0.717) is 29.0 Å². The summed E-state index contributed by atoms with van der Waals surface area (Å²) in [5.41, 5.74) is 3.40. The van der Waals surface area contributed by atoms with Crippen LogP contribution in [0, 0.1) is 6.92 Å². The Bertz CT molecular complexity index is 1250. The van der Waals surface area contributed by atoms with Crippen LogP contribution in [0.5, 0.6) is 5.88 Å². The van der Waals surface area contributed by atoms with Crippen molar-refractivity contribution in [3.8, 4) is 17.3 Å². The SMILES string of the molecule is C=CCn1c(SCC(=O)c2ccc(C)cc2)nnc1-c1cc2ccccc2nc1OC. The Morgan fingerprint density at radius 2 is 1.94 bits per heavy atom. The topological polar surface area (TPSA) is 69.9 Å². The van der Waals surface area contributed by atoms with Gasteiger partial charge in [0.25, 0.3) is 0 Å². The lowest BCUT2D eigenvalue weighted by atomic mass is 10.1. The first kappa shape index (κ1) is 20.8. The van der Waals surface area contributed by atoms with Crippen LogP contribution in [0.25, 0.3) is 22.3 Å². The van der Waals surface area contributed by atoms with E-state index in [1.165, 1.54) is 11.8 Å². The molecule has 0 saturated carbocycles. The highest BCUT2D eigenvalue weighted by molar-refractivity contribution is 7.99. The van der Waals surface area contributed by atoms with E-state index >= 15 is 0 Å². The molecule has 0 fully saturated rings. The van der Waals surface area contributed by atoms with Crippen molar-refractivity contribution in [1.82, 2.24) is 19.7 Å². The zero-order valence-corrected chi connectivity index (χ0v) is 18.2. The summed E-state index contributed by atoms with van der Waals surface area (Å²) in [5.74, 6) is 1.42. The van der Waals surface area contributed by atoms with E-state index in [1.54, 1.807) is 13.2 Å². The number of pyridine rings is 1. The smallest absolute Gasteiger partial charge is 0.224 e. The van der Waals surface area contributed by atoms with Crippen molar-refractivity contribution < 1.29 is 9.53 Å². The molecule has 2 aromatic heterocycles. The molecule has 0 unspecified atom stereocenters. The van der Waals surface area contributed by atoms with Crippen molar-refractivity contribution in [2.24, 2.45) is 0 Å². The molecule has 0 atom stereocenters. The first-order chi connectivity index (χ1) is 15.1. The van der Waals surface area contributed by atoms with Crippen molar-refractivity contribution in [1.29, 1.82) is 0 Å². The normalized spacial score (nSPS) is 10.9. The van der Waals surface area contributed by atoms with Gasteiger partial charge in [0.15, 0.2) is 16.8 Å². The monoisotopic (exact) mass is 430 g/mol. The van der Waals surface area contributed by atoms with E-state index in [-0.39, 0.29) is 11.5 Å². The van der Waals surface area contributed by atoms with E-state index in [4.69, 9.17) is 4.74 Å². The predicted octanol–water partition coefficient (Wildman–Crippen LogP) is 4.97. The molecule has 156 valence electrons. The van der Waals surface area contributed by atoms with Gasteiger partial charge in [0.2, 0.25) is 5.88 Å². The molecule has 0 saturated heterocycles. The number of fused-ring (bicyclic) bond motifs is 1. The Morgan fingerprint density at radius 1 is 1.16 bits per heavy atom. The number of carbonyl (C=O) groups excluding carboxylic acids is 1. The van der Waals surface area contributed by atoms with Crippen molar-refractivity contribution in [2.75, 3.05) is 12.9 Å². The van der Waals surface area contributed by atoms with Gasteiger partial charge in [-0.15, -0.1) is 16.8 Å². The van der Waals surface area contributed by atoms with Crippen molar-refractivity contribution in [3.05, 3.63) is 78.4 Å². The van der Waals surface area contributed by atoms with Gasteiger partial charge in [0.05, 0.1) is 23.9 Å². The summed E-state index contributed by atoms with van der Waals surface area (Å²) in [6.45, 7) is 6.35. The third-order valence-electron chi connectivity index (χ3n) is 4.86. The molecule has 0 aliphatic heterocycles. The number of carbonyl (C=O) groups is 1. The number of aromatic nitrogens is 4. The first-order valence-electron chi connectivity index (χ1n) is 9.81. The Balaban J connectivity index is 1.66. The number of benzene rings is 2. The van der Waals surface area contributed by atoms with Gasteiger partial charge < -0.3 is 4.74 Å². The second kappa shape index (κ2) is 9.14. The zero-order chi connectivity index (χ0) is 21.8. The molecule has 6 nitrogen and oxygen atoms in total. The third kappa shape index (κ3) is 4.36. The fraction of sp³-hybridized carbons (Fsp3) is 0.167. The number of allylic oxidation sites excluding steroid dienone is 1. The molecule has 0 bridgehead atoms.